The van der Waals surface area contributed by atoms with E-state index in [9.17, 15) is 4.79 Å². The Labute approximate surface area is 157 Å². The number of nitrogens with one attached hydrogen (secondary N) is 1. The number of thiocarbonyl (C=S) groups is 1. The molecule has 0 heterocycles. The number of hydrogen-bond donors (Lipinski definition) is 2. The van der Waals surface area contributed by atoms with Crippen LogP contribution in [0.25, 0.3) is 0 Å². The van der Waals surface area contributed by atoms with Gasteiger partial charge in [0.1, 0.15) is 0 Å². The lowest BCUT2D eigenvalue weighted by atomic mass is 9.60. The molecule has 0 aromatic carbocycles. The van der Waals surface area contributed by atoms with Gasteiger partial charge in [-0.25, -0.2) is 0 Å². The standard InChI is InChI=1S/C18H34N2O2S2/c1-6-8-22-15(23)14(19)18(5)11-13(10-17(3,4)12-18)20-16(21)24-9-7-2/h13-14H,6-12,19H2,1-5H3,(H,20,21). The van der Waals surface area contributed by atoms with Gasteiger partial charge in [-0.15, -0.1) is 0 Å². The average Bonchev–Trinajstić information content (AvgIpc) is 2.47. The minimum Gasteiger partial charge on any atom is -0.485 e. The van der Waals surface area contributed by atoms with Crippen molar-refractivity contribution in [1.82, 2.24) is 5.32 Å². The lowest BCUT2D eigenvalue weighted by Crippen LogP contribution is -2.55. The predicted octanol–water partition coefficient (Wildman–Crippen LogP) is 4.51. The monoisotopic (exact) mass is 374 g/mol. The molecular formula is C18H34N2O2S2. The fourth-order valence-electron chi connectivity index (χ4n) is 3.86. The van der Waals surface area contributed by atoms with Gasteiger partial charge in [0.25, 0.3) is 5.24 Å². The number of nitrogens with two attached hydrogens (primary N) is 1. The minimum absolute atomic E-state index is 0.0697. The third-order valence-electron chi connectivity index (χ3n) is 4.61. The largest absolute Gasteiger partial charge is 0.485 e. The number of rotatable bonds is 7. The van der Waals surface area contributed by atoms with Crippen LogP contribution in [0.1, 0.15) is 66.7 Å². The normalized spacial score (nSPS) is 27.3. The van der Waals surface area contributed by atoms with Gasteiger partial charge >= 0.3 is 0 Å². The van der Waals surface area contributed by atoms with Gasteiger partial charge in [-0.3, -0.25) is 4.79 Å². The van der Waals surface area contributed by atoms with E-state index in [-0.39, 0.29) is 28.2 Å². The molecule has 0 spiro atoms. The molecule has 3 N–H and O–H groups in total. The quantitative estimate of drug-likeness (QED) is 0.642. The topological polar surface area (TPSA) is 64.3 Å². The van der Waals surface area contributed by atoms with Crippen molar-refractivity contribution >= 4 is 34.3 Å². The zero-order chi connectivity index (χ0) is 18.4. The van der Waals surface area contributed by atoms with Crippen molar-refractivity contribution in [2.75, 3.05) is 12.4 Å². The van der Waals surface area contributed by atoms with Crippen molar-refractivity contribution in [3.8, 4) is 0 Å². The maximum absolute atomic E-state index is 12.1. The number of hydrogen-bond acceptors (Lipinski definition) is 5. The third kappa shape index (κ3) is 6.52. The molecule has 0 bridgehead atoms. The van der Waals surface area contributed by atoms with E-state index >= 15 is 0 Å². The van der Waals surface area contributed by atoms with E-state index in [0.29, 0.717) is 11.7 Å². The molecule has 3 unspecified atom stereocenters. The summed E-state index contributed by atoms with van der Waals surface area (Å²) in [7, 11) is 0. The molecule has 0 aromatic heterocycles. The van der Waals surface area contributed by atoms with Gasteiger partial charge in [0.05, 0.1) is 12.6 Å². The molecule has 1 aliphatic carbocycles. The van der Waals surface area contributed by atoms with Crippen molar-refractivity contribution in [1.29, 1.82) is 0 Å². The van der Waals surface area contributed by atoms with Crippen LogP contribution in [0.2, 0.25) is 0 Å². The Morgan fingerprint density at radius 1 is 1.33 bits per heavy atom. The van der Waals surface area contributed by atoms with E-state index in [0.717, 1.165) is 37.9 Å². The third-order valence-corrected chi connectivity index (χ3v) is 5.97. The van der Waals surface area contributed by atoms with E-state index in [1.54, 1.807) is 0 Å². The Kier molecular flexibility index (Phi) is 8.50. The Balaban J connectivity index is 2.78. The Morgan fingerprint density at radius 2 is 2.00 bits per heavy atom. The molecule has 1 aliphatic rings. The van der Waals surface area contributed by atoms with Crippen molar-refractivity contribution in [2.24, 2.45) is 16.6 Å². The van der Waals surface area contributed by atoms with Crippen molar-refractivity contribution in [3.05, 3.63) is 0 Å². The second-order valence-corrected chi connectivity index (χ2v) is 9.50. The first-order valence-corrected chi connectivity index (χ1v) is 10.4. The van der Waals surface area contributed by atoms with Gasteiger partial charge < -0.3 is 15.8 Å². The fourth-order valence-corrected chi connectivity index (χ4v) is 4.87. The maximum Gasteiger partial charge on any atom is 0.279 e. The van der Waals surface area contributed by atoms with Crippen molar-refractivity contribution in [3.63, 3.8) is 0 Å². The van der Waals surface area contributed by atoms with Crippen LogP contribution in [0, 0.1) is 10.8 Å². The minimum atomic E-state index is -0.290. The van der Waals surface area contributed by atoms with Crippen molar-refractivity contribution in [2.45, 2.75) is 78.8 Å². The van der Waals surface area contributed by atoms with Gasteiger partial charge in [0, 0.05) is 11.8 Å². The summed E-state index contributed by atoms with van der Waals surface area (Å²) < 4.78 is 5.62. The Bertz CT molecular complexity index is 443. The van der Waals surface area contributed by atoms with E-state index in [1.165, 1.54) is 11.8 Å². The smallest absolute Gasteiger partial charge is 0.279 e. The Hall–Kier alpha value is -0.330. The molecule has 3 atom stereocenters. The lowest BCUT2D eigenvalue weighted by molar-refractivity contribution is 0.0644. The van der Waals surface area contributed by atoms with Crippen LogP contribution in [0.5, 0.6) is 0 Å². The summed E-state index contributed by atoms with van der Waals surface area (Å²) in [6.45, 7) is 11.4. The first-order valence-electron chi connectivity index (χ1n) is 8.99. The number of carbonyl (C=O) groups is 1. The van der Waals surface area contributed by atoms with Crippen LogP contribution >= 0.6 is 24.0 Å². The van der Waals surface area contributed by atoms with Gasteiger partial charge in [-0.2, -0.15) is 0 Å². The van der Waals surface area contributed by atoms with Gasteiger partial charge in [0.2, 0.25) is 0 Å². The molecular weight excluding hydrogens is 340 g/mol. The maximum atomic E-state index is 12.1. The molecule has 6 heteroatoms. The highest BCUT2D eigenvalue weighted by atomic mass is 32.2. The van der Waals surface area contributed by atoms with Crippen LogP contribution in [-0.4, -0.2) is 34.7 Å². The van der Waals surface area contributed by atoms with E-state index in [1.807, 2.05) is 0 Å². The molecule has 1 fully saturated rings. The summed E-state index contributed by atoms with van der Waals surface area (Å²) in [6.07, 6.45) is 4.70. The molecule has 1 rings (SSSR count). The summed E-state index contributed by atoms with van der Waals surface area (Å²) in [5.41, 5.74) is 6.42. The lowest BCUT2D eigenvalue weighted by Gasteiger charge is -2.49. The molecule has 0 aliphatic heterocycles. The van der Waals surface area contributed by atoms with Crippen LogP contribution < -0.4 is 11.1 Å². The summed E-state index contributed by atoms with van der Waals surface area (Å²) in [6, 6.07) is -0.156. The summed E-state index contributed by atoms with van der Waals surface area (Å²) in [4.78, 5) is 12.1. The molecule has 4 nitrogen and oxygen atoms in total. The fraction of sp³-hybridized carbons (Fsp3) is 0.889. The molecule has 1 saturated carbocycles. The molecule has 0 aromatic rings. The molecule has 140 valence electrons. The second-order valence-electron chi connectivity index (χ2n) is 8.03. The van der Waals surface area contributed by atoms with Crippen LogP contribution in [-0.2, 0) is 4.74 Å². The molecule has 1 amide bonds. The Morgan fingerprint density at radius 3 is 2.58 bits per heavy atom. The average molecular weight is 375 g/mol. The van der Waals surface area contributed by atoms with Gasteiger partial charge in [-0.05, 0) is 55.2 Å². The van der Waals surface area contributed by atoms with E-state index < -0.39 is 0 Å². The zero-order valence-electron chi connectivity index (χ0n) is 15.8. The molecule has 24 heavy (non-hydrogen) atoms. The predicted molar refractivity (Wildman–Crippen MR) is 108 cm³/mol. The summed E-state index contributed by atoms with van der Waals surface area (Å²) >= 11 is 6.78. The van der Waals surface area contributed by atoms with Crippen molar-refractivity contribution < 1.29 is 9.53 Å². The van der Waals surface area contributed by atoms with E-state index in [4.69, 9.17) is 22.7 Å². The first-order chi connectivity index (χ1) is 11.1. The zero-order valence-corrected chi connectivity index (χ0v) is 17.4. The van der Waals surface area contributed by atoms with Gasteiger partial charge in [-0.1, -0.05) is 46.4 Å². The number of thioether (sulfide) groups is 1. The van der Waals surface area contributed by atoms with Crippen LogP contribution in [0.4, 0.5) is 4.79 Å². The highest BCUT2D eigenvalue weighted by molar-refractivity contribution is 8.13. The molecule has 0 saturated heterocycles. The van der Waals surface area contributed by atoms with Gasteiger partial charge in [0.15, 0.2) is 5.05 Å². The van der Waals surface area contributed by atoms with Crippen LogP contribution in [0.15, 0.2) is 0 Å². The second kappa shape index (κ2) is 9.39. The summed E-state index contributed by atoms with van der Waals surface area (Å²) in [5, 5.41) is 3.76. The van der Waals surface area contributed by atoms with E-state index in [2.05, 4.69) is 39.9 Å². The SMILES string of the molecule is CCCOC(=S)C(N)C1(C)CC(NC(=O)SCCC)CC(C)(C)C1. The highest BCUT2D eigenvalue weighted by Gasteiger charge is 2.46. The summed E-state index contributed by atoms with van der Waals surface area (Å²) in [5.74, 6) is 0.855. The molecule has 0 radical (unpaired) electrons. The first kappa shape index (κ1) is 21.7. The van der Waals surface area contributed by atoms with Crippen LogP contribution in [0.3, 0.4) is 0 Å². The highest BCUT2D eigenvalue weighted by Crippen LogP contribution is 2.48. The number of ether oxygens (including phenoxy) is 1. The number of amides is 1. The number of carbonyl (C=O) groups excluding carboxylic acids is 1.